The van der Waals surface area contributed by atoms with Crippen molar-refractivity contribution in [2.45, 2.75) is 26.7 Å². The molecule has 1 heterocycles. The molecule has 24 heavy (non-hydrogen) atoms. The van der Waals surface area contributed by atoms with E-state index in [1.807, 2.05) is 13.8 Å². The molecule has 0 fully saturated rings. The summed E-state index contributed by atoms with van der Waals surface area (Å²) in [7, 11) is 4.91. The van der Waals surface area contributed by atoms with Gasteiger partial charge in [0.1, 0.15) is 5.69 Å². The second-order valence-corrected chi connectivity index (χ2v) is 6.10. The third-order valence-electron chi connectivity index (χ3n) is 4.12. The molecule has 1 aromatic heterocycles. The number of amides is 1. The van der Waals surface area contributed by atoms with Gasteiger partial charge in [-0.05, 0) is 32.9 Å². The summed E-state index contributed by atoms with van der Waals surface area (Å²) in [6.45, 7) is 5.45. The van der Waals surface area contributed by atoms with E-state index in [0.29, 0.717) is 0 Å². The molecule has 2 rings (SSSR count). The van der Waals surface area contributed by atoms with E-state index in [9.17, 15) is 13.6 Å². The Morgan fingerprint density at radius 2 is 1.79 bits per heavy atom. The van der Waals surface area contributed by atoms with Crippen molar-refractivity contribution in [2.24, 2.45) is 7.05 Å². The molecular formula is C17H22F2N4O. The molecule has 130 valence electrons. The Morgan fingerprint density at radius 3 is 2.21 bits per heavy atom. The number of aromatic nitrogens is 2. The molecule has 1 amide bonds. The van der Waals surface area contributed by atoms with Gasteiger partial charge in [-0.25, -0.2) is 8.78 Å². The minimum absolute atomic E-state index is 0.0895. The Morgan fingerprint density at radius 1 is 1.25 bits per heavy atom. The molecule has 0 radical (unpaired) electrons. The Labute approximate surface area is 140 Å². The number of hydrogen-bond acceptors (Lipinski definition) is 3. The lowest BCUT2D eigenvalue weighted by molar-refractivity contribution is -0.117. The van der Waals surface area contributed by atoms with E-state index in [1.165, 1.54) is 4.90 Å². The summed E-state index contributed by atoms with van der Waals surface area (Å²) in [4.78, 5) is 13.8. The first-order chi connectivity index (χ1) is 11.1. The van der Waals surface area contributed by atoms with E-state index < -0.39 is 17.6 Å². The number of anilines is 2. The highest BCUT2D eigenvalue weighted by Crippen LogP contribution is 2.28. The molecular weight excluding hydrogens is 314 g/mol. The van der Waals surface area contributed by atoms with Crippen molar-refractivity contribution < 1.29 is 13.6 Å². The van der Waals surface area contributed by atoms with E-state index in [4.69, 9.17) is 0 Å². The highest BCUT2D eigenvalue weighted by Gasteiger charge is 2.23. The normalized spacial score (nSPS) is 12.2. The lowest BCUT2D eigenvalue weighted by Crippen LogP contribution is -2.20. The highest BCUT2D eigenvalue weighted by molar-refractivity contribution is 5.96. The van der Waals surface area contributed by atoms with Crippen LogP contribution in [0.25, 0.3) is 0 Å². The number of aryl methyl sites for hydroxylation is 2. The second kappa shape index (κ2) is 6.59. The summed E-state index contributed by atoms with van der Waals surface area (Å²) in [6, 6.07) is 2.23. The first-order valence-corrected chi connectivity index (χ1v) is 7.60. The Bertz CT molecular complexity index is 760. The quantitative estimate of drug-likeness (QED) is 0.933. The molecule has 1 unspecified atom stereocenters. The number of carbonyl (C=O) groups is 1. The van der Waals surface area contributed by atoms with Crippen LogP contribution in [-0.2, 0) is 11.8 Å². The smallest absolute Gasteiger partial charge is 0.231 e. The van der Waals surface area contributed by atoms with Crippen LogP contribution in [0.4, 0.5) is 20.2 Å². The Balaban J connectivity index is 2.26. The van der Waals surface area contributed by atoms with Gasteiger partial charge in [0, 0.05) is 38.1 Å². The lowest BCUT2D eigenvalue weighted by atomic mass is 9.98. The maximum absolute atomic E-state index is 14.0. The van der Waals surface area contributed by atoms with E-state index >= 15 is 0 Å². The number of nitrogens with zero attached hydrogens (tertiary/aromatic N) is 3. The topological polar surface area (TPSA) is 50.2 Å². The number of benzene rings is 1. The summed E-state index contributed by atoms with van der Waals surface area (Å²) >= 11 is 0. The van der Waals surface area contributed by atoms with Gasteiger partial charge >= 0.3 is 0 Å². The average Bonchev–Trinajstić information content (AvgIpc) is 2.70. The van der Waals surface area contributed by atoms with Crippen molar-refractivity contribution in [3.63, 3.8) is 0 Å². The van der Waals surface area contributed by atoms with Gasteiger partial charge in [0.05, 0.1) is 11.6 Å². The zero-order valence-corrected chi connectivity index (χ0v) is 14.7. The Hall–Kier alpha value is -2.44. The predicted octanol–water partition coefficient (Wildman–Crippen LogP) is 3.12. The molecule has 2 aromatic rings. The number of nitrogens with one attached hydrogen (secondary N) is 1. The molecule has 7 heteroatoms. The highest BCUT2D eigenvalue weighted by atomic mass is 19.1. The van der Waals surface area contributed by atoms with Gasteiger partial charge in [-0.15, -0.1) is 0 Å². The largest absolute Gasteiger partial charge is 0.373 e. The summed E-state index contributed by atoms with van der Waals surface area (Å²) in [5.41, 5.74) is 2.42. The van der Waals surface area contributed by atoms with Gasteiger partial charge in [0.2, 0.25) is 5.91 Å². The summed E-state index contributed by atoms with van der Waals surface area (Å²) in [5.74, 6) is -2.28. The monoisotopic (exact) mass is 336 g/mol. The maximum Gasteiger partial charge on any atom is 0.231 e. The van der Waals surface area contributed by atoms with Crippen LogP contribution in [-0.4, -0.2) is 29.8 Å². The number of rotatable bonds is 4. The van der Waals surface area contributed by atoms with E-state index in [2.05, 4.69) is 10.4 Å². The van der Waals surface area contributed by atoms with Crippen molar-refractivity contribution >= 4 is 17.3 Å². The first kappa shape index (κ1) is 17.9. The zero-order valence-electron chi connectivity index (χ0n) is 14.7. The minimum atomic E-state index is -0.725. The molecule has 0 saturated heterocycles. The standard InChI is InChI=1S/C17H22F2N4O/c1-9(15-10(2)21-23(6)11(15)3)17(24)20-12-7-13(18)16(22(4)5)14(19)8-12/h7-9H,1-6H3,(H,20,24). The minimum Gasteiger partial charge on any atom is -0.373 e. The van der Waals surface area contributed by atoms with Crippen molar-refractivity contribution in [1.29, 1.82) is 0 Å². The molecule has 0 saturated carbocycles. The maximum atomic E-state index is 14.0. The van der Waals surface area contributed by atoms with Crippen LogP contribution in [0.2, 0.25) is 0 Å². The van der Waals surface area contributed by atoms with Crippen LogP contribution in [0, 0.1) is 25.5 Å². The third kappa shape index (κ3) is 3.25. The van der Waals surface area contributed by atoms with E-state index in [-0.39, 0.29) is 17.3 Å². The van der Waals surface area contributed by atoms with Crippen LogP contribution in [0.15, 0.2) is 12.1 Å². The fraction of sp³-hybridized carbons (Fsp3) is 0.412. The fourth-order valence-electron chi connectivity index (χ4n) is 2.86. The van der Waals surface area contributed by atoms with E-state index in [0.717, 1.165) is 29.1 Å². The number of hydrogen-bond donors (Lipinski definition) is 1. The van der Waals surface area contributed by atoms with E-state index in [1.54, 1.807) is 32.7 Å². The molecule has 0 aliphatic rings. The fourth-order valence-corrected chi connectivity index (χ4v) is 2.86. The average molecular weight is 336 g/mol. The molecule has 0 spiro atoms. The molecule has 0 aliphatic heterocycles. The molecule has 1 N–H and O–H groups in total. The summed E-state index contributed by atoms with van der Waals surface area (Å²) in [6.07, 6.45) is 0. The van der Waals surface area contributed by atoms with Crippen LogP contribution >= 0.6 is 0 Å². The van der Waals surface area contributed by atoms with Crippen LogP contribution in [0.5, 0.6) is 0 Å². The molecule has 0 aliphatic carbocycles. The van der Waals surface area contributed by atoms with Gasteiger partial charge in [0.25, 0.3) is 0 Å². The van der Waals surface area contributed by atoms with Crippen LogP contribution in [0.3, 0.4) is 0 Å². The van der Waals surface area contributed by atoms with Gasteiger partial charge in [-0.1, -0.05) is 0 Å². The van der Waals surface area contributed by atoms with Crippen LogP contribution in [0.1, 0.15) is 29.8 Å². The second-order valence-electron chi connectivity index (χ2n) is 6.10. The third-order valence-corrected chi connectivity index (χ3v) is 4.12. The zero-order chi connectivity index (χ0) is 18.2. The Kier molecular flexibility index (Phi) is 4.91. The summed E-state index contributed by atoms with van der Waals surface area (Å²) in [5, 5.41) is 6.87. The molecule has 1 atom stereocenters. The van der Waals surface area contributed by atoms with Gasteiger partial charge in [-0.3, -0.25) is 9.48 Å². The molecule has 1 aromatic carbocycles. The van der Waals surface area contributed by atoms with Crippen molar-refractivity contribution in [3.05, 3.63) is 40.7 Å². The van der Waals surface area contributed by atoms with Crippen molar-refractivity contribution in [2.75, 3.05) is 24.3 Å². The first-order valence-electron chi connectivity index (χ1n) is 7.60. The van der Waals surface area contributed by atoms with Gasteiger partial charge in [-0.2, -0.15) is 5.10 Å². The lowest BCUT2D eigenvalue weighted by Gasteiger charge is -2.17. The molecule has 5 nitrogen and oxygen atoms in total. The van der Waals surface area contributed by atoms with Gasteiger partial charge in [0.15, 0.2) is 11.6 Å². The summed E-state index contributed by atoms with van der Waals surface area (Å²) < 4.78 is 29.8. The predicted molar refractivity (Wildman–Crippen MR) is 90.4 cm³/mol. The van der Waals surface area contributed by atoms with Crippen LogP contribution < -0.4 is 10.2 Å². The van der Waals surface area contributed by atoms with Crippen molar-refractivity contribution in [3.8, 4) is 0 Å². The number of halogens is 2. The molecule has 0 bridgehead atoms. The van der Waals surface area contributed by atoms with Crippen molar-refractivity contribution in [1.82, 2.24) is 9.78 Å². The van der Waals surface area contributed by atoms with Gasteiger partial charge < -0.3 is 10.2 Å². The SMILES string of the molecule is Cc1nn(C)c(C)c1C(C)C(=O)Nc1cc(F)c(N(C)C)c(F)c1. The number of carbonyl (C=O) groups excluding carboxylic acids is 1.